The minimum atomic E-state index is -1.70. The van der Waals surface area contributed by atoms with Gasteiger partial charge >= 0.3 is 0 Å². The van der Waals surface area contributed by atoms with Gasteiger partial charge < -0.3 is 29.4 Å². The van der Waals surface area contributed by atoms with E-state index >= 15 is 0 Å². The summed E-state index contributed by atoms with van der Waals surface area (Å²) in [7, 11) is 1.40. The zero-order chi connectivity index (χ0) is 18.6. The summed E-state index contributed by atoms with van der Waals surface area (Å²) in [6.07, 6.45) is -0.722. The molecule has 11 nitrogen and oxygen atoms in total. The molecule has 1 saturated heterocycles. The van der Waals surface area contributed by atoms with Crippen molar-refractivity contribution in [1.82, 2.24) is 14.5 Å². The first kappa shape index (κ1) is 16.8. The van der Waals surface area contributed by atoms with Crippen LogP contribution in [0.5, 0.6) is 0 Å². The number of anilines is 1. The van der Waals surface area contributed by atoms with E-state index in [9.17, 15) is 20.1 Å². The topological polar surface area (TPSA) is 151 Å². The standard InChI is InChI=1S/C15H17N5O6/c1-15(24)10(23)7(5-21)26-13(15)20-4-6-9-11(17-8(22)3-16-6)18-14(25-2)19-12(9)20/h3-4,7,10,13,21,23-24H,5H2,1-2H3,(H,17,18,19,22)/t7-,10-,13?,15-/m1/s1. The van der Waals surface area contributed by atoms with Crippen molar-refractivity contribution >= 4 is 28.6 Å². The molecule has 2 aliphatic heterocycles. The zero-order valence-corrected chi connectivity index (χ0v) is 13.9. The van der Waals surface area contributed by atoms with Crippen molar-refractivity contribution in [2.75, 3.05) is 19.0 Å². The molecule has 4 N–H and O–H groups in total. The minimum Gasteiger partial charge on any atom is -0.468 e. The molecule has 4 heterocycles. The van der Waals surface area contributed by atoms with Crippen molar-refractivity contribution in [3.05, 3.63) is 22.7 Å². The molecule has 4 atom stereocenters. The van der Waals surface area contributed by atoms with E-state index in [0.717, 1.165) is 6.20 Å². The van der Waals surface area contributed by atoms with Crippen molar-refractivity contribution in [2.24, 2.45) is 4.99 Å². The number of ether oxygens (including phenoxy) is 2. The second-order valence-corrected chi connectivity index (χ2v) is 6.30. The van der Waals surface area contributed by atoms with Crippen molar-refractivity contribution < 1.29 is 24.8 Å². The number of methoxy groups -OCH3 is 1. The molecule has 1 unspecified atom stereocenters. The van der Waals surface area contributed by atoms with E-state index in [1.165, 1.54) is 24.8 Å². The lowest BCUT2D eigenvalue weighted by molar-refractivity contribution is -0.0955. The number of nitrogens with one attached hydrogen (secondary N) is 1. The molecule has 2 aromatic heterocycles. The summed E-state index contributed by atoms with van der Waals surface area (Å²) in [5, 5.41) is 33.6. The molecule has 0 amide bonds. The Kier molecular flexibility index (Phi) is 3.70. The number of aliphatic imine (C=N–C) groups is 1. The number of hydrogen-bond acceptors (Lipinski definition) is 10. The molecule has 138 valence electrons. The Balaban J connectivity index is 1.96. The number of rotatable bonds is 2. The van der Waals surface area contributed by atoms with Gasteiger partial charge in [0.25, 0.3) is 11.6 Å². The van der Waals surface area contributed by atoms with Gasteiger partial charge in [0, 0.05) is 6.20 Å². The maximum Gasteiger partial charge on any atom is 0.296 e. The maximum atomic E-state index is 11.7. The van der Waals surface area contributed by atoms with E-state index in [-0.39, 0.29) is 17.7 Å². The monoisotopic (exact) mass is 363 g/mol. The molecule has 0 aliphatic carbocycles. The maximum absolute atomic E-state index is 11.7. The summed E-state index contributed by atoms with van der Waals surface area (Å²) in [6, 6.07) is 0.0914. The van der Waals surface area contributed by atoms with Crippen molar-refractivity contribution in [3.8, 4) is 0 Å². The molecule has 4 rings (SSSR count). The van der Waals surface area contributed by atoms with Crippen LogP contribution < -0.4 is 10.9 Å². The second-order valence-electron chi connectivity index (χ2n) is 6.30. The first-order chi connectivity index (χ1) is 12.4. The predicted octanol–water partition coefficient (Wildman–Crippen LogP) is -1.15. The fourth-order valence-corrected chi connectivity index (χ4v) is 3.24. The molecule has 0 aromatic carbocycles. The Morgan fingerprint density at radius 3 is 2.92 bits per heavy atom. The van der Waals surface area contributed by atoms with Crippen LogP contribution in [0.1, 0.15) is 13.2 Å². The number of aromatic nitrogens is 3. The Morgan fingerprint density at radius 1 is 1.50 bits per heavy atom. The van der Waals surface area contributed by atoms with Gasteiger partial charge in [0.2, 0.25) is 0 Å². The summed E-state index contributed by atoms with van der Waals surface area (Å²) < 4.78 is 12.2. The van der Waals surface area contributed by atoms with Crippen LogP contribution >= 0.6 is 0 Å². The van der Waals surface area contributed by atoms with Crippen LogP contribution in [-0.4, -0.2) is 67.4 Å². The summed E-state index contributed by atoms with van der Waals surface area (Å²) in [5.41, 5.74) is -1.86. The zero-order valence-electron chi connectivity index (χ0n) is 13.9. The highest BCUT2D eigenvalue weighted by Crippen LogP contribution is 2.44. The van der Waals surface area contributed by atoms with Gasteiger partial charge in [0.1, 0.15) is 17.8 Å². The normalized spacial score (nSPS) is 30.2. The van der Waals surface area contributed by atoms with E-state index in [1.54, 1.807) is 0 Å². The van der Waals surface area contributed by atoms with Gasteiger partial charge in [-0.3, -0.25) is 10.1 Å². The van der Waals surface area contributed by atoms with Gasteiger partial charge in [-0.25, -0.2) is 4.98 Å². The molecule has 0 bridgehead atoms. The number of aliphatic hydroxyl groups is 3. The Bertz CT molecular complexity index is 971. The van der Waals surface area contributed by atoms with E-state index in [0.29, 0.717) is 10.9 Å². The van der Waals surface area contributed by atoms with Gasteiger partial charge in [0.15, 0.2) is 17.9 Å². The van der Waals surface area contributed by atoms with Gasteiger partial charge in [-0.2, -0.15) is 9.98 Å². The molecular formula is C15H17N5O6. The van der Waals surface area contributed by atoms with E-state index in [4.69, 9.17) is 9.47 Å². The van der Waals surface area contributed by atoms with Crippen molar-refractivity contribution in [2.45, 2.75) is 31.0 Å². The van der Waals surface area contributed by atoms with Crippen LogP contribution in [0.25, 0.3) is 10.9 Å². The largest absolute Gasteiger partial charge is 0.468 e. The Hall–Kier alpha value is -2.60. The summed E-state index contributed by atoms with van der Waals surface area (Å²) in [4.78, 5) is 24.1. The van der Waals surface area contributed by atoms with Crippen molar-refractivity contribution in [1.29, 1.82) is 0 Å². The average molecular weight is 363 g/mol. The fourth-order valence-electron chi connectivity index (χ4n) is 3.24. The summed E-state index contributed by atoms with van der Waals surface area (Å²) in [6.45, 7) is 0.942. The molecule has 11 heteroatoms. The lowest BCUT2D eigenvalue weighted by Crippen LogP contribution is -2.44. The van der Waals surface area contributed by atoms with Crippen LogP contribution in [0, 0.1) is 0 Å². The van der Waals surface area contributed by atoms with Crippen LogP contribution in [0.2, 0.25) is 0 Å². The highest BCUT2D eigenvalue weighted by atomic mass is 16.6. The van der Waals surface area contributed by atoms with Gasteiger partial charge in [-0.15, -0.1) is 0 Å². The molecule has 26 heavy (non-hydrogen) atoms. The summed E-state index contributed by atoms with van der Waals surface area (Å²) in [5.74, 6) is 0.497. The number of amidine groups is 1. The van der Waals surface area contributed by atoms with E-state index < -0.39 is 36.2 Å². The number of nitrogens with zero attached hydrogens (tertiary/aromatic N) is 4. The van der Waals surface area contributed by atoms with Crippen molar-refractivity contribution in [3.63, 3.8) is 0 Å². The number of hydrogen-bond donors (Lipinski definition) is 4. The smallest absolute Gasteiger partial charge is 0.296 e. The fraction of sp³-hybridized carbons (Fsp3) is 0.467. The summed E-state index contributed by atoms with van der Waals surface area (Å²) >= 11 is 0. The Labute approximate surface area is 146 Å². The molecule has 0 radical (unpaired) electrons. The predicted molar refractivity (Wildman–Crippen MR) is 89.2 cm³/mol. The third-order valence-corrected chi connectivity index (χ3v) is 4.57. The van der Waals surface area contributed by atoms with E-state index in [1.807, 2.05) is 0 Å². The first-order valence-electron chi connectivity index (χ1n) is 7.85. The van der Waals surface area contributed by atoms with Gasteiger partial charge in [-0.05, 0) is 6.92 Å². The average Bonchev–Trinajstić information content (AvgIpc) is 3.01. The highest BCUT2D eigenvalue weighted by molar-refractivity contribution is 6.08. The van der Waals surface area contributed by atoms with E-state index in [2.05, 4.69) is 20.3 Å². The second kappa shape index (κ2) is 5.71. The Morgan fingerprint density at radius 2 is 2.27 bits per heavy atom. The first-order valence-corrected chi connectivity index (χ1v) is 7.85. The van der Waals surface area contributed by atoms with Gasteiger partial charge in [-0.1, -0.05) is 0 Å². The van der Waals surface area contributed by atoms with Gasteiger partial charge in [0.05, 0.1) is 30.8 Å². The van der Waals surface area contributed by atoms with Crippen LogP contribution in [0.4, 0.5) is 11.6 Å². The molecular weight excluding hydrogens is 346 g/mol. The number of aliphatic hydroxyl groups excluding tert-OH is 2. The van der Waals surface area contributed by atoms with Crippen LogP contribution in [-0.2, 0) is 9.47 Å². The highest BCUT2D eigenvalue weighted by Gasteiger charge is 2.53. The minimum absolute atomic E-state index is 0.0914. The molecule has 2 aliphatic rings. The molecule has 2 aromatic rings. The third kappa shape index (κ3) is 2.29. The lowest BCUT2D eigenvalue weighted by Gasteiger charge is -2.28. The molecule has 0 saturated carbocycles. The van der Waals surface area contributed by atoms with Crippen LogP contribution in [0.15, 0.2) is 22.2 Å². The SMILES string of the molecule is COC1=Nc2c3c(nc(=O)cnc3cn2C2O[C@H](CO)[C@@H](O)[C@@]2(C)O)N1. The molecule has 1 fully saturated rings. The lowest BCUT2D eigenvalue weighted by atomic mass is 9.96. The third-order valence-electron chi connectivity index (χ3n) is 4.57. The van der Waals surface area contributed by atoms with Crippen LogP contribution in [0.3, 0.4) is 0 Å². The quantitative estimate of drug-likeness (QED) is 0.518. The molecule has 0 spiro atoms.